The number of rotatable bonds is 7. The van der Waals surface area contributed by atoms with Gasteiger partial charge in [-0.1, -0.05) is 36.8 Å². The van der Waals surface area contributed by atoms with E-state index in [2.05, 4.69) is 10.2 Å². The third kappa shape index (κ3) is 5.10. The first-order valence-electron chi connectivity index (χ1n) is 11.1. The highest BCUT2D eigenvalue weighted by atomic mass is 16.4. The van der Waals surface area contributed by atoms with E-state index < -0.39 is 5.97 Å². The van der Waals surface area contributed by atoms with Crippen molar-refractivity contribution in [2.45, 2.75) is 57.0 Å². The smallest absolute Gasteiger partial charge is 0.317 e. The Morgan fingerprint density at radius 2 is 1.83 bits per heavy atom. The van der Waals surface area contributed by atoms with Crippen molar-refractivity contribution in [1.82, 2.24) is 15.1 Å². The van der Waals surface area contributed by atoms with E-state index in [9.17, 15) is 9.59 Å². The molecule has 2 aliphatic carbocycles. The Kier molecular flexibility index (Phi) is 6.38. The zero-order valence-electron chi connectivity index (χ0n) is 17.1. The zero-order valence-corrected chi connectivity index (χ0v) is 17.1. The van der Waals surface area contributed by atoms with Crippen LogP contribution in [0.1, 0.15) is 44.1 Å². The molecule has 0 spiro atoms. The van der Waals surface area contributed by atoms with Crippen LogP contribution in [-0.4, -0.2) is 65.2 Å². The average Bonchev–Trinajstić information content (AvgIpc) is 3.36. The van der Waals surface area contributed by atoms with E-state index in [4.69, 9.17) is 5.11 Å². The minimum absolute atomic E-state index is 0.0519. The largest absolute Gasteiger partial charge is 0.481 e. The number of hydrogen-bond donors (Lipinski definition) is 2. The summed E-state index contributed by atoms with van der Waals surface area (Å²) in [5.41, 5.74) is 1.12. The first-order valence-corrected chi connectivity index (χ1v) is 11.1. The highest BCUT2D eigenvalue weighted by Gasteiger charge is 2.43. The molecule has 29 heavy (non-hydrogen) atoms. The fourth-order valence-corrected chi connectivity index (χ4v) is 5.60. The molecule has 3 aliphatic rings. The van der Waals surface area contributed by atoms with Crippen molar-refractivity contribution < 1.29 is 14.7 Å². The van der Waals surface area contributed by atoms with Gasteiger partial charge in [-0.15, -0.1) is 0 Å². The zero-order chi connectivity index (χ0) is 20.2. The first kappa shape index (κ1) is 20.2. The number of piperazine rings is 1. The molecule has 2 N–H and O–H groups in total. The number of hydrogen-bond acceptors (Lipinski definition) is 3. The lowest BCUT2D eigenvalue weighted by molar-refractivity contribution is -0.137. The fourth-order valence-electron chi connectivity index (χ4n) is 5.60. The van der Waals surface area contributed by atoms with Gasteiger partial charge >= 0.3 is 12.0 Å². The summed E-state index contributed by atoms with van der Waals surface area (Å²) in [6, 6.07) is 10.5. The predicted molar refractivity (Wildman–Crippen MR) is 112 cm³/mol. The van der Waals surface area contributed by atoms with Gasteiger partial charge in [-0.05, 0) is 49.5 Å². The van der Waals surface area contributed by atoms with Crippen LogP contribution in [0, 0.1) is 11.8 Å². The van der Waals surface area contributed by atoms with Crippen molar-refractivity contribution in [3.05, 3.63) is 35.9 Å². The summed E-state index contributed by atoms with van der Waals surface area (Å²) < 4.78 is 0. The topological polar surface area (TPSA) is 72.9 Å². The second kappa shape index (κ2) is 9.16. The third-order valence-corrected chi connectivity index (χ3v) is 7.13. The number of amides is 2. The van der Waals surface area contributed by atoms with Crippen molar-refractivity contribution >= 4 is 12.0 Å². The summed E-state index contributed by atoms with van der Waals surface area (Å²) in [6.45, 7) is 3.44. The fraction of sp³-hybridized carbons (Fsp3) is 0.652. The monoisotopic (exact) mass is 399 g/mol. The third-order valence-electron chi connectivity index (χ3n) is 7.13. The lowest BCUT2D eigenvalue weighted by atomic mass is 9.93. The Morgan fingerprint density at radius 3 is 2.45 bits per heavy atom. The van der Waals surface area contributed by atoms with E-state index in [1.807, 2.05) is 35.2 Å². The van der Waals surface area contributed by atoms with E-state index in [1.165, 1.54) is 25.7 Å². The van der Waals surface area contributed by atoms with Crippen molar-refractivity contribution in [3.63, 3.8) is 0 Å². The van der Waals surface area contributed by atoms with Crippen molar-refractivity contribution in [2.24, 2.45) is 11.8 Å². The molecular weight excluding hydrogens is 366 g/mol. The van der Waals surface area contributed by atoms with Crippen LogP contribution in [0.15, 0.2) is 30.3 Å². The Bertz CT molecular complexity index is 703. The van der Waals surface area contributed by atoms with Crippen LogP contribution in [0.25, 0.3) is 0 Å². The van der Waals surface area contributed by atoms with Gasteiger partial charge in [0, 0.05) is 44.7 Å². The van der Waals surface area contributed by atoms with E-state index in [-0.39, 0.29) is 18.5 Å². The molecule has 6 heteroatoms. The lowest BCUT2D eigenvalue weighted by Gasteiger charge is -2.41. The van der Waals surface area contributed by atoms with Crippen LogP contribution in [0.4, 0.5) is 4.79 Å². The molecule has 4 atom stereocenters. The quantitative estimate of drug-likeness (QED) is 0.739. The molecule has 1 aromatic rings. The number of urea groups is 1. The van der Waals surface area contributed by atoms with Gasteiger partial charge in [-0.25, -0.2) is 4.79 Å². The number of nitrogens with one attached hydrogen (secondary N) is 1. The second-order valence-electron chi connectivity index (χ2n) is 9.03. The van der Waals surface area contributed by atoms with Crippen LogP contribution in [0.2, 0.25) is 0 Å². The molecule has 1 saturated heterocycles. The standard InChI is InChI=1S/C23H33N3O3/c27-22(28)9-8-20(15-17-4-2-1-3-5-17)24-23(29)26-12-10-25(11-13-26)21-16-18-6-7-19(21)14-18/h1-5,18-21H,6-16H2,(H,24,29)(H,27,28). The first-order chi connectivity index (χ1) is 14.1. The Morgan fingerprint density at radius 1 is 1.07 bits per heavy atom. The molecule has 2 bridgehead atoms. The molecule has 0 aromatic heterocycles. The van der Waals surface area contributed by atoms with Gasteiger partial charge < -0.3 is 15.3 Å². The van der Waals surface area contributed by atoms with Gasteiger partial charge in [0.05, 0.1) is 0 Å². The minimum atomic E-state index is -0.822. The normalized spacial score (nSPS) is 27.7. The van der Waals surface area contributed by atoms with Crippen LogP contribution < -0.4 is 5.32 Å². The molecule has 1 aromatic carbocycles. The molecule has 158 valence electrons. The Labute approximate surface area is 173 Å². The van der Waals surface area contributed by atoms with Gasteiger partial charge in [0.2, 0.25) is 0 Å². The number of nitrogens with zero attached hydrogens (tertiary/aromatic N) is 2. The van der Waals surface area contributed by atoms with Crippen LogP contribution in [-0.2, 0) is 11.2 Å². The number of aliphatic carboxylic acids is 1. The van der Waals surface area contributed by atoms with E-state index in [0.717, 1.165) is 49.6 Å². The summed E-state index contributed by atoms with van der Waals surface area (Å²) >= 11 is 0. The summed E-state index contributed by atoms with van der Waals surface area (Å²) in [6.07, 6.45) is 6.74. The highest BCUT2D eigenvalue weighted by molar-refractivity contribution is 5.75. The molecule has 1 aliphatic heterocycles. The highest BCUT2D eigenvalue weighted by Crippen LogP contribution is 2.46. The number of carboxylic acid groups (broad SMARTS) is 1. The average molecular weight is 400 g/mol. The van der Waals surface area contributed by atoms with Gasteiger partial charge in [0.15, 0.2) is 0 Å². The molecule has 2 saturated carbocycles. The molecule has 2 amide bonds. The van der Waals surface area contributed by atoms with Crippen LogP contribution in [0.5, 0.6) is 0 Å². The predicted octanol–water partition coefficient (Wildman–Crippen LogP) is 2.98. The molecule has 1 heterocycles. The van der Waals surface area contributed by atoms with Gasteiger partial charge in [-0.3, -0.25) is 9.69 Å². The summed E-state index contributed by atoms with van der Waals surface area (Å²) in [7, 11) is 0. The second-order valence-corrected chi connectivity index (χ2v) is 9.03. The molecule has 4 unspecified atom stereocenters. The summed E-state index contributed by atoms with van der Waals surface area (Å²) in [4.78, 5) is 28.4. The number of fused-ring (bicyclic) bond motifs is 2. The number of carbonyl (C=O) groups is 2. The maximum Gasteiger partial charge on any atom is 0.317 e. The van der Waals surface area contributed by atoms with Crippen molar-refractivity contribution in [1.29, 1.82) is 0 Å². The maximum absolute atomic E-state index is 12.8. The molecule has 4 rings (SSSR count). The summed E-state index contributed by atoms with van der Waals surface area (Å²) in [5, 5.41) is 12.2. The van der Waals surface area contributed by atoms with Crippen LogP contribution in [0.3, 0.4) is 0 Å². The Balaban J connectivity index is 1.28. The van der Waals surface area contributed by atoms with Crippen LogP contribution >= 0.6 is 0 Å². The molecule has 6 nitrogen and oxygen atoms in total. The van der Waals surface area contributed by atoms with E-state index >= 15 is 0 Å². The Hall–Kier alpha value is -2.08. The number of carboxylic acids is 1. The SMILES string of the molecule is O=C(O)CCC(Cc1ccccc1)NC(=O)N1CCN(C2CC3CCC2C3)CC1. The van der Waals surface area contributed by atoms with Gasteiger partial charge in [0.25, 0.3) is 0 Å². The number of benzene rings is 1. The van der Waals surface area contributed by atoms with E-state index in [0.29, 0.717) is 12.8 Å². The lowest BCUT2D eigenvalue weighted by Crippen LogP contribution is -2.56. The summed E-state index contributed by atoms with van der Waals surface area (Å²) in [5.74, 6) is 1.00. The minimum Gasteiger partial charge on any atom is -0.481 e. The molecule has 0 radical (unpaired) electrons. The van der Waals surface area contributed by atoms with E-state index in [1.54, 1.807) is 0 Å². The van der Waals surface area contributed by atoms with Gasteiger partial charge in [0.1, 0.15) is 0 Å². The van der Waals surface area contributed by atoms with Crippen molar-refractivity contribution in [2.75, 3.05) is 26.2 Å². The number of carbonyl (C=O) groups excluding carboxylic acids is 1. The van der Waals surface area contributed by atoms with Crippen molar-refractivity contribution in [3.8, 4) is 0 Å². The van der Waals surface area contributed by atoms with Gasteiger partial charge in [-0.2, -0.15) is 0 Å². The maximum atomic E-state index is 12.8. The molecular formula is C23H33N3O3. The molecule has 3 fully saturated rings.